The molecule has 1 unspecified atom stereocenters. The Hall–Kier alpha value is -2.04. The van der Waals surface area contributed by atoms with Crippen LogP contribution in [0.1, 0.15) is 12.5 Å². The minimum absolute atomic E-state index is 0.0290. The van der Waals surface area contributed by atoms with Crippen molar-refractivity contribution < 1.29 is 14.3 Å². The van der Waals surface area contributed by atoms with Crippen LogP contribution in [0.4, 0.5) is 5.69 Å². The molecule has 0 radical (unpaired) electrons. The summed E-state index contributed by atoms with van der Waals surface area (Å²) in [7, 11) is 2.96. The van der Waals surface area contributed by atoms with E-state index in [0.717, 1.165) is 11.3 Å². The SMILES string of the molecule is CNC(=O)Cc1ccc(NC(C)C(=O)OC)cc1. The molecule has 0 heterocycles. The summed E-state index contributed by atoms with van der Waals surface area (Å²) in [6, 6.07) is 6.96. The van der Waals surface area contributed by atoms with E-state index in [2.05, 4.69) is 15.4 Å². The summed E-state index contributed by atoms with van der Waals surface area (Å²) >= 11 is 0. The Kier molecular flexibility index (Phi) is 5.17. The second-order valence-electron chi connectivity index (χ2n) is 3.94. The molecule has 0 aliphatic carbocycles. The highest BCUT2D eigenvalue weighted by molar-refractivity contribution is 5.79. The smallest absolute Gasteiger partial charge is 0.327 e. The van der Waals surface area contributed by atoms with Crippen LogP contribution in [0, 0.1) is 0 Å². The van der Waals surface area contributed by atoms with Gasteiger partial charge in [-0.05, 0) is 24.6 Å². The Morgan fingerprint density at radius 3 is 2.39 bits per heavy atom. The predicted octanol–water partition coefficient (Wildman–Crippen LogP) is 0.948. The van der Waals surface area contributed by atoms with Crippen molar-refractivity contribution >= 4 is 17.6 Å². The van der Waals surface area contributed by atoms with E-state index in [1.165, 1.54) is 7.11 Å². The van der Waals surface area contributed by atoms with E-state index in [-0.39, 0.29) is 11.9 Å². The minimum atomic E-state index is -0.403. The number of carbonyl (C=O) groups excluding carboxylic acids is 2. The first-order valence-corrected chi connectivity index (χ1v) is 5.70. The summed E-state index contributed by atoms with van der Waals surface area (Å²) in [5, 5.41) is 5.58. The van der Waals surface area contributed by atoms with Crippen molar-refractivity contribution in [3.63, 3.8) is 0 Å². The average molecular weight is 250 g/mol. The fourth-order valence-corrected chi connectivity index (χ4v) is 1.48. The Morgan fingerprint density at radius 2 is 1.89 bits per heavy atom. The zero-order valence-electron chi connectivity index (χ0n) is 10.8. The van der Waals surface area contributed by atoms with Gasteiger partial charge in [0.25, 0.3) is 0 Å². The van der Waals surface area contributed by atoms with Crippen LogP contribution in [0.2, 0.25) is 0 Å². The summed E-state index contributed by atoms with van der Waals surface area (Å²) < 4.78 is 4.62. The largest absolute Gasteiger partial charge is 0.467 e. The third-order valence-corrected chi connectivity index (χ3v) is 2.54. The van der Waals surface area contributed by atoms with Crippen molar-refractivity contribution in [2.24, 2.45) is 0 Å². The molecular formula is C13H18N2O3. The van der Waals surface area contributed by atoms with E-state index in [1.54, 1.807) is 14.0 Å². The minimum Gasteiger partial charge on any atom is -0.467 e. The molecule has 0 aromatic heterocycles. The maximum absolute atomic E-state index is 11.2. The number of hydrogen-bond donors (Lipinski definition) is 2. The number of amides is 1. The van der Waals surface area contributed by atoms with Gasteiger partial charge in [-0.15, -0.1) is 0 Å². The molecule has 0 saturated carbocycles. The van der Waals surface area contributed by atoms with Crippen molar-refractivity contribution in [3.8, 4) is 0 Å². The second kappa shape index (κ2) is 6.64. The maximum atomic E-state index is 11.2. The van der Waals surface area contributed by atoms with Gasteiger partial charge in [0.1, 0.15) is 6.04 Å². The Labute approximate surface area is 107 Å². The molecule has 0 aliphatic heterocycles. The van der Waals surface area contributed by atoms with Gasteiger partial charge in [-0.1, -0.05) is 12.1 Å². The third kappa shape index (κ3) is 4.08. The van der Waals surface area contributed by atoms with E-state index in [0.29, 0.717) is 6.42 Å². The van der Waals surface area contributed by atoms with E-state index in [1.807, 2.05) is 24.3 Å². The van der Waals surface area contributed by atoms with Crippen molar-refractivity contribution in [2.45, 2.75) is 19.4 Å². The van der Waals surface area contributed by atoms with E-state index >= 15 is 0 Å². The van der Waals surface area contributed by atoms with Gasteiger partial charge < -0.3 is 15.4 Å². The molecule has 5 heteroatoms. The standard InChI is InChI=1S/C13H18N2O3/c1-9(13(17)18-3)15-11-6-4-10(5-7-11)8-12(16)14-2/h4-7,9,15H,8H2,1-3H3,(H,14,16). The Bertz CT molecular complexity index is 415. The molecule has 1 atom stereocenters. The molecular weight excluding hydrogens is 232 g/mol. The number of carbonyl (C=O) groups is 2. The normalized spacial score (nSPS) is 11.5. The van der Waals surface area contributed by atoms with Crippen molar-refractivity contribution in [2.75, 3.05) is 19.5 Å². The number of benzene rings is 1. The lowest BCUT2D eigenvalue weighted by Crippen LogP contribution is -2.27. The van der Waals surface area contributed by atoms with Gasteiger partial charge in [0.15, 0.2) is 0 Å². The van der Waals surface area contributed by atoms with Gasteiger partial charge in [-0.25, -0.2) is 4.79 Å². The van der Waals surface area contributed by atoms with Crippen LogP contribution in [0.25, 0.3) is 0 Å². The second-order valence-corrected chi connectivity index (χ2v) is 3.94. The highest BCUT2D eigenvalue weighted by Gasteiger charge is 2.12. The number of rotatable bonds is 5. The third-order valence-electron chi connectivity index (χ3n) is 2.54. The molecule has 0 saturated heterocycles. The number of anilines is 1. The molecule has 98 valence electrons. The summed E-state index contributed by atoms with van der Waals surface area (Å²) in [4.78, 5) is 22.4. The molecule has 0 bridgehead atoms. The molecule has 5 nitrogen and oxygen atoms in total. The zero-order valence-corrected chi connectivity index (χ0v) is 10.8. The van der Waals surface area contributed by atoms with E-state index in [4.69, 9.17) is 0 Å². The van der Waals surface area contributed by atoms with Crippen LogP contribution in [0.15, 0.2) is 24.3 Å². The maximum Gasteiger partial charge on any atom is 0.327 e. The Balaban J connectivity index is 2.60. The van der Waals surface area contributed by atoms with Gasteiger partial charge in [-0.3, -0.25) is 4.79 Å². The first-order valence-electron chi connectivity index (χ1n) is 5.70. The van der Waals surface area contributed by atoms with Crippen molar-refractivity contribution in [1.82, 2.24) is 5.32 Å². The van der Waals surface area contributed by atoms with Gasteiger partial charge in [0.05, 0.1) is 13.5 Å². The zero-order chi connectivity index (χ0) is 13.5. The molecule has 0 fully saturated rings. The molecule has 0 spiro atoms. The fraction of sp³-hybridized carbons (Fsp3) is 0.385. The number of hydrogen-bond acceptors (Lipinski definition) is 4. The lowest BCUT2D eigenvalue weighted by Gasteiger charge is -2.13. The molecule has 1 amide bonds. The monoisotopic (exact) mass is 250 g/mol. The van der Waals surface area contributed by atoms with Gasteiger partial charge in [0, 0.05) is 12.7 Å². The van der Waals surface area contributed by atoms with E-state index < -0.39 is 6.04 Å². The average Bonchev–Trinajstić information content (AvgIpc) is 2.39. The number of likely N-dealkylation sites (N-methyl/N-ethyl adjacent to an activating group) is 1. The highest BCUT2D eigenvalue weighted by Crippen LogP contribution is 2.11. The summed E-state index contributed by atoms with van der Waals surface area (Å²) in [5.74, 6) is -0.344. The fourth-order valence-electron chi connectivity index (χ4n) is 1.48. The summed E-state index contributed by atoms with van der Waals surface area (Å²) in [6.07, 6.45) is 0.351. The van der Waals surface area contributed by atoms with Crippen LogP contribution < -0.4 is 10.6 Å². The highest BCUT2D eigenvalue weighted by atomic mass is 16.5. The molecule has 0 aliphatic rings. The lowest BCUT2D eigenvalue weighted by atomic mass is 10.1. The molecule has 1 rings (SSSR count). The van der Waals surface area contributed by atoms with Crippen molar-refractivity contribution in [1.29, 1.82) is 0 Å². The summed E-state index contributed by atoms with van der Waals surface area (Å²) in [6.45, 7) is 1.73. The number of ether oxygens (including phenoxy) is 1. The number of methoxy groups -OCH3 is 1. The predicted molar refractivity (Wildman–Crippen MR) is 69.3 cm³/mol. The van der Waals surface area contributed by atoms with E-state index in [9.17, 15) is 9.59 Å². The molecule has 1 aromatic carbocycles. The molecule has 18 heavy (non-hydrogen) atoms. The van der Waals surface area contributed by atoms with Crippen LogP contribution in [0.3, 0.4) is 0 Å². The topological polar surface area (TPSA) is 67.4 Å². The first-order chi connectivity index (χ1) is 8.56. The van der Waals surface area contributed by atoms with Crippen LogP contribution in [-0.2, 0) is 20.7 Å². The molecule has 2 N–H and O–H groups in total. The Morgan fingerprint density at radius 1 is 1.28 bits per heavy atom. The quantitative estimate of drug-likeness (QED) is 0.763. The van der Waals surface area contributed by atoms with Crippen LogP contribution in [-0.4, -0.2) is 32.1 Å². The summed E-state index contributed by atoms with van der Waals surface area (Å²) in [5.41, 5.74) is 1.74. The van der Waals surface area contributed by atoms with Crippen molar-refractivity contribution in [3.05, 3.63) is 29.8 Å². The van der Waals surface area contributed by atoms with Gasteiger partial charge in [-0.2, -0.15) is 0 Å². The number of esters is 1. The van der Waals surface area contributed by atoms with Gasteiger partial charge in [0.2, 0.25) is 5.91 Å². The van der Waals surface area contributed by atoms with Gasteiger partial charge >= 0.3 is 5.97 Å². The lowest BCUT2D eigenvalue weighted by molar-refractivity contribution is -0.141. The van der Waals surface area contributed by atoms with Crippen LogP contribution in [0.5, 0.6) is 0 Å². The number of nitrogens with one attached hydrogen (secondary N) is 2. The first kappa shape index (κ1) is 14.0. The molecule has 1 aromatic rings. The van der Waals surface area contributed by atoms with Crippen LogP contribution >= 0.6 is 0 Å².